The second-order valence-corrected chi connectivity index (χ2v) is 9.00. The van der Waals surface area contributed by atoms with Gasteiger partial charge in [0.25, 0.3) is 11.8 Å². The van der Waals surface area contributed by atoms with Gasteiger partial charge in [0.05, 0.1) is 23.9 Å². The molecule has 0 aliphatic carbocycles. The molecule has 37 heavy (non-hydrogen) atoms. The Bertz CT molecular complexity index is 1490. The Labute approximate surface area is 210 Å². The van der Waals surface area contributed by atoms with Gasteiger partial charge in [0.2, 0.25) is 0 Å². The van der Waals surface area contributed by atoms with Crippen LogP contribution in [0.4, 0.5) is 30.8 Å². The highest BCUT2D eigenvalue weighted by Crippen LogP contribution is 2.31. The van der Waals surface area contributed by atoms with Crippen molar-refractivity contribution in [3.63, 3.8) is 0 Å². The van der Waals surface area contributed by atoms with Crippen molar-refractivity contribution in [1.82, 2.24) is 25.1 Å². The highest BCUT2D eigenvalue weighted by atomic mass is 19.3. The van der Waals surface area contributed by atoms with Crippen LogP contribution in [-0.4, -0.2) is 70.1 Å². The number of carbonyl (C=O) groups is 2. The number of nitrogens with zero attached hydrogens (tertiary/aromatic N) is 5. The zero-order valence-corrected chi connectivity index (χ0v) is 20.1. The number of anilines is 3. The largest absolute Gasteiger partial charge is 0.350 e. The summed E-state index contributed by atoms with van der Waals surface area (Å²) in [7, 11) is 3.29. The smallest absolute Gasteiger partial charge is 0.321 e. The van der Waals surface area contributed by atoms with Crippen molar-refractivity contribution in [2.75, 3.05) is 42.7 Å². The zero-order valence-electron chi connectivity index (χ0n) is 20.1. The van der Waals surface area contributed by atoms with Gasteiger partial charge in [0.1, 0.15) is 5.82 Å². The SMILES string of the molecule is CN(C)C(=O)Nc1cncc(-c2ccc3[nH]nc(C(=O)Nc4ccnc(N5CCC(F)(F)C5)c4)c3c2)c1. The van der Waals surface area contributed by atoms with Crippen LogP contribution in [-0.2, 0) is 0 Å². The van der Waals surface area contributed by atoms with Gasteiger partial charge in [-0.15, -0.1) is 0 Å². The lowest BCUT2D eigenvalue weighted by atomic mass is 10.0. The van der Waals surface area contributed by atoms with E-state index in [1.165, 1.54) is 16.0 Å². The maximum Gasteiger partial charge on any atom is 0.321 e. The normalized spacial score (nSPS) is 14.5. The molecular weight excluding hydrogens is 482 g/mol. The first kappa shape index (κ1) is 24.1. The van der Waals surface area contributed by atoms with Gasteiger partial charge in [-0.2, -0.15) is 5.10 Å². The fourth-order valence-electron chi connectivity index (χ4n) is 4.06. The Balaban J connectivity index is 1.38. The molecule has 0 saturated carbocycles. The molecular formula is C25H24F2N8O2. The monoisotopic (exact) mass is 506 g/mol. The Morgan fingerprint density at radius 1 is 1.05 bits per heavy atom. The fraction of sp³-hybridized carbons (Fsp3) is 0.240. The minimum Gasteiger partial charge on any atom is -0.350 e. The Hall–Kier alpha value is -4.61. The second-order valence-electron chi connectivity index (χ2n) is 9.00. The second kappa shape index (κ2) is 9.45. The number of aromatic nitrogens is 4. The highest BCUT2D eigenvalue weighted by molar-refractivity contribution is 6.11. The van der Waals surface area contributed by atoms with Crippen LogP contribution < -0.4 is 15.5 Å². The van der Waals surface area contributed by atoms with Crippen LogP contribution in [0.3, 0.4) is 0 Å². The average molecular weight is 507 g/mol. The first-order valence-electron chi connectivity index (χ1n) is 11.5. The van der Waals surface area contributed by atoms with Crippen molar-refractivity contribution >= 4 is 40.0 Å². The van der Waals surface area contributed by atoms with E-state index in [-0.39, 0.29) is 24.7 Å². The van der Waals surface area contributed by atoms with E-state index in [0.29, 0.717) is 28.1 Å². The van der Waals surface area contributed by atoms with Gasteiger partial charge >= 0.3 is 6.03 Å². The number of hydrogen-bond donors (Lipinski definition) is 3. The number of hydrogen-bond acceptors (Lipinski definition) is 6. The molecule has 3 aromatic heterocycles. The molecule has 0 bridgehead atoms. The van der Waals surface area contributed by atoms with Crippen LogP contribution in [0.5, 0.6) is 0 Å². The van der Waals surface area contributed by atoms with E-state index in [1.54, 1.807) is 50.8 Å². The molecule has 10 nitrogen and oxygen atoms in total. The molecule has 1 fully saturated rings. The number of H-pyrrole nitrogens is 1. The van der Waals surface area contributed by atoms with Gasteiger partial charge in [0, 0.05) is 62.2 Å². The van der Waals surface area contributed by atoms with Crippen LogP contribution >= 0.6 is 0 Å². The number of amides is 3. The Morgan fingerprint density at radius 3 is 2.65 bits per heavy atom. The van der Waals surface area contributed by atoms with Crippen LogP contribution in [0.1, 0.15) is 16.9 Å². The van der Waals surface area contributed by atoms with E-state index >= 15 is 0 Å². The van der Waals surface area contributed by atoms with Crippen LogP contribution in [0.2, 0.25) is 0 Å². The number of carbonyl (C=O) groups excluding carboxylic acids is 2. The predicted molar refractivity (Wildman–Crippen MR) is 136 cm³/mol. The first-order chi connectivity index (χ1) is 17.7. The number of nitrogens with one attached hydrogen (secondary N) is 3. The van der Waals surface area contributed by atoms with Gasteiger partial charge in [0.15, 0.2) is 5.69 Å². The first-order valence-corrected chi connectivity index (χ1v) is 11.5. The summed E-state index contributed by atoms with van der Waals surface area (Å²) in [5.74, 6) is -2.84. The van der Waals surface area contributed by atoms with Crippen LogP contribution in [0, 0.1) is 0 Å². The molecule has 1 aliphatic heterocycles. The van der Waals surface area contributed by atoms with Crippen molar-refractivity contribution < 1.29 is 18.4 Å². The van der Waals surface area contributed by atoms with Crippen molar-refractivity contribution in [2.24, 2.45) is 0 Å². The van der Waals surface area contributed by atoms with E-state index in [2.05, 4.69) is 30.8 Å². The van der Waals surface area contributed by atoms with E-state index in [1.807, 2.05) is 12.1 Å². The van der Waals surface area contributed by atoms with Gasteiger partial charge < -0.3 is 20.4 Å². The molecule has 12 heteroatoms. The molecule has 4 aromatic rings. The zero-order chi connectivity index (χ0) is 26.2. The predicted octanol–water partition coefficient (Wildman–Crippen LogP) is 4.21. The number of fused-ring (bicyclic) bond motifs is 1. The van der Waals surface area contributed by atoms with Crippen LogP contribution in [0.25, 0.3) is 22.0 Å². The lowest BCUT2D eigenvalue weighted by molar-refractivity contribution is 0.0256. The third-order valence-corrected chi connectivity index (χ3v) is 6.00. The van der Waals surface area contributed by atoms with E-state index in [0.717, 1.165) is 11.1 Å². The quantitative estimate of drug-likeness (QED) is 0.373. The maximum absolute atomic E-state index is 13.6. The van der Waals surface area contributed by atoms with E-state index < -0.39 is 18.4 Å². The number of halogens is 2. The number of benzene rings is 1. The summed E-state index contributed by atoms with van der Waals surface area (Å²) in [6.45, 7) is -0.210. The molecule has 1 saturated heterocycles. The van der Waals surface area contributed by atoms with Crippen molar-refractivity contribution in [3.8, 4) is 11.1 Å². The van der Waals surface area contributed by atoms with Crippen LogP contribution in [0.15, 0.2) is 55.0 Å². The van der Waals surface area contributed by atoms with Crippen molar-refractivity contribution in [3.05, 3.63) is 60.7 Å². The van der Waals surface area contributed by atoms with E-state index in [9.17, 15) is 18.4 Å². The number of pyridine rings is 2. The molecule has 3 N–H and O–H groups in total. The topological polar surface area (TPSA) is 119 Å². The number of aromatic amines is 1. The van der Waals surface area contributed by atoms with Crippen molar-refractivity contribution in [1.29, 1.82) is 0 Å². The van der Waals surface area contributed by atoms with Gasteiger partial charge in [-0.3, -0.25) is 14.9 Å². The molecule has 190 valence electrons. The van der Waals surface area contributed by atoms with Gasteiger partial charge in [-0.05, 0) is 29.8 Å². The number of rotatable bonds is 5. The van der Waals surface area contributed by atoms with E-state index in [4.69, 9.17) is 0 Å². The lowest BCUT2D eigenvalue weighted by Gasteiger charge is -2.17. The summed E-state index contributed by atoms with van der Waals surface area (Å²) in [6, 6.07) is 10.1. The third-order valence-electron chi connectivity index (χ3n) is 6.00. The third kappa shape index (κ3) is 5.17. The van der Waals surface area contributed by atoms with Crippen molar-refractivity contribution in [2.45, 2.75) is 12.3 Å². The molecule has 0 atom stereocenters. The summed E-state index contributed by atoms with van der Waals surface area (Å²) in [5.41, 5.74) is 3.31. The summed E-state index contributed by atoms with van der Waals surface area (Å²) < 4.78 is 27.2. The molecule has 3 amide bonds. The summed E-state index contributed by atoms with van der Waals surface area (Å²) in [4.78, 5) is 36.4. The molecule has 0 spiro atoms. The molecule has 1 aromatic carbocycles. The Morgan fingerprint density at radius 2 is 1.89 bits per heavy atom. The molecule has 0 radical (unpaired) electrons. The standard InChI is InChI=1S/C25H24F2N8O2/c1-34(2)24(37)31-18-9-16(12-28-13-18)15-3-4-20-19(10-15)22(33-32-20)23(36)30-17-5-7-29-21(11-17)35-8-6-25(26,27)14-35/h3-5,7,9-13H,6,8,14H2,1-2H3,(H,31,37)(H,32,33)(H,29,30,36). The summed E-state index contributed by atoms with van der Waals surface area (Å²) >= 11 is 0. The summed E-state index contributed by atoms with van der Waals surface area (Å²) in [5, 5.41) is 13.2. The average Bonchev–Trinajstić information content (AvgIpc) is 3.46. The minimum atomic E-state index is -2.75. The minimum absolute atomic E-state index is 0.174. The maximum atomic E-state index is 13.6. The highest BCUT2D eigenvalue weighted by Gasteiger charge is 2.38. The fourth-order valence-corrected chi connectivity index (χ4v) is 4.06. The Kier molecular flexibility index (Phi) is 6.15. The lowest BCUT2D eigenvalue weighted by Crippen LogP contribution is -2.27. The molecule has 0 unspecified atom stereocenters. The molecule has 1 aliphatic rings. The number of alkyl halides is 2. The number of urea groups is 1. The molecule has 4 heterocycles. The van der Waals surface area contributed by atoms with Gasteiger partial charge in [-0.25, -0.2) is 18.6 Å². The summed E-state index contributed by atoms with van der Waals surface area (Å²) in [6.07, 6.45) is 4.45. The van der Waals surface area contributed by atoms with Gasteiger partial charge in [-0.1, -0.05) is 6.07 Å². The molecule has 5 rings (SSSR count).